The highest BCUT2D eigenvalue weighted by Gasteiger charge is 2.12. The third-order valence-corrected chi connectivity index (χ3v) is 2.83. The van der Waals surface area contributed by atoms with Crippen molar-refractivity contribution in [2.24, 2.45) is 0 Å². The van der Waals surface area contributed by atoms with Crippen LogP contribution >= 0.6 is 0 Å². The number of carbonyl (C=O) groups excluding carboxylic acids is 1. The molecule has 0 fully saturated rings. The fourth-order valence-electron chi connectivity index (χ4n) is 2.14. The van der Waals surface area contributed by atoms with E-state index in [1.54, 1.807) is 6.92 Å². The van der Waals surface area contributed by atoms with Gasteiger partial charge in [0.05, 0.1) is 12.1 Å². The van der Waals surface area contributed by atoms with E-state index in [9.17, 15) is 4.79 Å². The van der Waals surface area contributed by atoms with E-state index in [-0.39, 0.29) is 12.3 Å². The first-order valence-electron chi connectivity index (χ1n) is 6.25. The Balaban J connectivity index is 2.07. The predicted molar refractivity (Wildman–Crippen MR) is 74.2 cm³/mol. The molecule has 1 aromatic carbocycles. The van der Waals surface area contributed by atoms with Crippen LogP contribution in [-0.4, -0.2) is 10.9 Å². The van der Waals surface area contributed by atoms with Crippen molar-refractivity contribution in [3.05, 3.63) is 46.7 Å². The van der Waals surface area contributed by atoms with Gasteiger partial charge in [0.2, 0.25) is 5.91 Å². The molecule has 4 heteroatoms. The number of benzene rings is 1. The molecule has 0 unspecified atom stereocenters. The molecule has 0 aliphatic heterocycles. The normalized spacial score (nSPS) is 10.5. The van der Waals surface area contributed by atoms with Crippen LogP contribution in [0.15, 0.2) is 22.6 Å². The molecule has 19 heavy (non-hydrogen) atoms. The van der Waals surface area contributed by atoms with E-state index >= 15 is 0 Å². The highest BCUT2D eigenvalue weighted by Crippen LogP contribution is 2.15. The van der Waals surface area contributed by atoms with Gasteiger partial charge < -0.3 is 9.73 Å². The molecule has 4 nitrogen and oxygen atoms in total. The van der Waals surface area contributed by atoms with E-state index in [4.69, 9.17) is 4.42 Å². The Morgan fingerprint density at radius 3 is 2.32 bits per heavy atom. The number of aromatic nitrogens is 1. The van der Waals surface area contributed by atoms with Crippen molar-refractivity contribution >= 4 is 11.6 Å². The molecular weight excluding hydrogens is 240 g/mol. The number of nitrogens with one attached hydrogen (secondary N) is 1. The second-order valence-corrected chi connectivity index (χ2v) is 4.84. The summed E-state index contributed by atoms with van der Waals surface area (Å²) in [5, 5.41) is 2.88. The van der Waals surface area contributed by atoms with Crippen molar-refractivity contribution in [2.75, 3.05) is 5.32 Å². The van der Waals surface area contributed by atoms with Crippen molar-refractivity contribution in [3.63, 3.8) is 0 Å². The highest BCUT2D eigenvalue weighted by atomic mass is 16.4. The minimum Gasteiger partial charge on any atom is -0.445 e. The highest BCUT2D eigenvalue weighted by molar-refractivity contribution is 5.92. The standard InChI is InChI=1S/C15H18N2O2/c1-9-5-10(2)7-13(6-9)17-15(18)8-14-11(3)16-12(4)19-14/h5-7H,8H2,1-4H3,(H,17,18). The molecule has 100 valence electrons. The Hall–Kier alpha value is -2.10. The summed E-state index contributed by atoms with van der Waals surface area (Å²) in [4.78, 5) is 16.1. The molecular formula is C15H18N2O2. The molecule has 2 aromatic rings. The number of nitrogens with zero attached hydrogens (tertiary/aromatic N) is 1. The summed E-state index contributed by atoms with van der Waals surface area (Å²) < 4.78 is 5.40. The second-order valence-electron chi connectivity index (χ2n) is 4.84. The number of rotatable bonds is 3. The molecule has 2 rings (SSSR count). The summed E-state index contributed by atoms with van der Waals surface area (Å²) in [5.74, 6) is 1.12. The lowest BCUT2D eigenvalue weighted by Crippen LogP contribution is -2.14. The molecule has 1 amide bonds. The maximum absolute atomic E-state index is 12.0. The van der Waals surface area contributed by atoms with E-state index in [0.29, 0.717) is 11.7 Å². The fraction of sp³-hybridized carbons (Fsp3) is 0.333. The summed E-state index contributed by atoms with van der Waals surface area (Å²) >= 11 is 0. The third kappa shape index (κ3) is 3.44. The monoisotopic (exact) mass is 258 g/mol. The van der Waals surface area contributed by atoms with E-state index < -0.39 is 0 Å². The molecule has 0 aliphatic carbocycles. The molecule has 0 radical (unpaired) electrons. The number of oxazole rings is 1. The van der Waals surface area contributed by atoms with Gasteiger partial charge in [-0.1, -0.05) is 6.07 Å². The Bertz CT molecular complexity index is 594. The zero-order chi connectivity index (χ0) is 14.0. The number of aryl methyl sites for hydroxylation is 4. The minimum atomic E-state index is -0.0933. The molecule has 0 saturated carbocycles. The molecule has 0 spiro atoms. The van der Waals surface area contributed by atoms with Crippen LogP contribution in [0, 0.1) is 27.7 Å². The topological polar surface area (TPSA) is 55.1 Å². The van der Waals surface area contributed by atoms with E-state index in [1.165, 1.54) is 0 Å². The Morgan fingerprint density at radius 2 is 1.79 bits per heavy atom. The van der Waals surface area contributed by atoms with Crippen LogP contribution in [0.3, 0.4) is 0 Å². The average molecular weight is 258 g/mol. The van der Waals surface area contributed by atoms with Crippen LogP contribution < -0.4 is 5.32 Å². The van der Waals surface area contributed by atoms with Crippen LogP contribution in [-0.2, 0) is 11.2 Å². The number of anilines is 1. The number of carbonyl (C=O) groups is 1. The third-order valence-electron chi connectivity index (χ3n) is 2.83. The van der Waals surface area contributed by atoms with Crippen LogP contribution in [0.25, 0.3) is 0 Å². The van der Waals surface area contributed by atoms with Crippen molar-refractivity contribution in [1.82, 2.24) is 4.98 Å². The lowest BCUT2D eigenvalue weighted by Gasteiger charge is -2.06. The minimum absolute atomic E-state index is 0.0933. The van der Waals surface area contributed by atoms with Gasteiger partial charge in [0.1, 0.15) is 5.76 Å². The summed E-state index contributed by atoms with van der Waals surface area (Å²) in [6.07, 6.45) is 0.208. The first kappa shape index (κ1) is 13.3. The fourth-order valence-corrected chi connectivity index (χ4v) is 2.14. The summed E-state index contributed by atoms with van der Waals surface area (Å²) in [6.45, 7) is 7.63. The Labute approximate surface area is 112 Å². The van der Waals surface area contributed by atoms with Gasteiger partial charge in [0.25, 0.3) is 0 Å². The van der Waals surface area contributed by atoms with Gasteiger partial charge in [-0.25, -0.2) is 4.98 Å². The number of amides is 1. The molecule has 1 heterocycles. The summed E-state index contributed by atoms with van der Waals surface area (Å²) in [7, 11) is 0. The molecule has 1 N–H and O–H groups in total. The zero-order valence-corrected chi connectivity index (χ0v) is 11.7. The molecule has 0 saturated heterocycles. The van der Waals surface area contributed by atoms with Gasteiger partial charge in [-0.05, 0) is 44.0 Å². The van der Waals surface area contributed by atoms with Gasteiger partial charge >= 0.3 is 0 Å². The largest absolute Gasteiger partial charge is 0.445 e. The van der Waals surface area contributed by atoms with Crippen molar-refractivity contribution < 1.29 is 9.21 Å². The van der Waals surface area contributed by atoms with Crippen molar-refractivity contribution in [2.45, 2.75) is 34.1 Å². The van der Waals surface area contributed by atoms with Gasteiger partial charge in [-0.3, -0.25) is 4.79 Å². The van der Waals surface area contributed by atoms with Crippen LogP contribution in [0.1, 0.15) is 28.5 Å². The molecule has 0 bridgehead atoms. The van der Waals surface area contributed by atoms with Gasteiger partial charge in [-0.2, -0.15) is 0 Å². The molecule has 1 aromatic heterocycles. The predicted octanol–water partition coefficient (Wildman–Crippen LogP) is 3.09. The van der Waals surface area contributed by atoms with Gasteiger partial charge in [0, 0.05) is 12.6 Å². The average Bonchev–Trinajstić information content (AvgIpc) is 2.55. The smallest absolute Gasteiger partial charge is 0.232 e. The maximum atomic E-state index is 12.0. The van der Waals surface area contributed by atoms with Crippen molar-refractivity contribution in [1.29, 1.82) is 0 Å². The van der Waals surface area contributed by atoms with E-state index in [1.807, 2.05) is 32.9 Å². The Kier molecular flexibility index (Phi) is 3.69. The van der Waals surface area contributed by atoms with E-state index in [0.717, 1.165) is 22.5 Å². The van der Waals surface area contributed by atoms with E-state index in [2.05, 4.69) is 16.4 Å². The van der Waals surface area contributed by atoms with Crippen LogP contribution in [0.4, 0.5) is 5.69 Å². The van der Waals surface area contributed by atoms with Crippen LogP contribution in [0.2, 0.25) is 0 Å². The first-order chi connectivity index (χ1) is 8.94. The number of hydrogen-bond acceptors (Lipinski definition) is 3. The molecule has 0 atom stereocenters. The quantitative estimate of drug-likeness (QED) is 0.920. The van der Waals surface area contributed by atoms with Gasteiger partial charge in [0.15, 0.2) is 5.89 Å². The summed E-state index contributed by atoms with van der Waals surface area (Å²) in [5.41, 5.74) is 3.84. The number of hydrogen-bond donors (Lipinski definition) is 1. The van der Waals surface area contributed by atoms with Crippen molar-refractivity contribution in [3.8, 4) is 0 Å². The second kappa shape index (κ2) is 5.26. The first-order valence-corrected chi connectivity index (χ1v) is 6.25. The lowest BCUT2D eigenvalue weighted by atomic mass is 10.1. The summed E-state index contributed by atoms with van der Waals surface area (Å²) in [6, 6.07) is 5.96. The molecule has 0 aliphatic rings. The van der Waals surface area contributed by atoms with Crippen LogP contribution in [0.5, 0.6) is 0 Å². The lowest BCUT2D eigenvalue weighted by molar-refractivity contribution is -0.115. The Morgan fingerprint density at radius 1 is 1.16 bits per heavy atom. The van der Waals surface area contributed by atoms with Gasteiger partial charge in [-0.15, -0.1) is 0 Å². The zero-order valence-electron chi connectivity index (χ0n) is 11.7. The SMILES string of the molecule is Cc1cc(C)cc(NC(=O)Cc2oc(C)nc2C)c1. The maximum Gasteiger partial charge on any atom is 0.232 e.